The number of rotatable bonds is 10. The van der Waals surface area contributed by atoms with Gasteiger partial charge in [-0.25, -0.2) is 9.59 Å². The molecule has 0 fully saturated rings. The first-order valence-corrected chi connectivity index (χ1v) is 12.9. The van der Waals surface area contributed by atoms with Gasteiger partial charge in [0.15, 0.2) is 12.4 Å². The smallest absolute Gasteiger partial charge is 0.343 e. The standard InChI is InChI=1S/C29H23Cl2NO7/c1-2-3-8-24(32-26(34)20-6-4-5-7-21(20)27(32)35)29(37)38-16-25(33)17-9-12-19(13-10-17)39-28(36)18-11-14-22(30)23(31)15-18/h4-7,9-15,24H,2-3,8,16H2,1H3. The molecule has 2 amide bonds. The Morgan fingerprint density at radius 1 is 0.846 bits per heavy atom. The molecule has 0 aliphatic carbocycles. The summed E-state index contributed by atoms with van der Waals surface area (Å²) < 4.78 is 10.5. The highest BCUT2D eigenvalue weighted by Gasteiger charge is 2.43. The van der Waals surface area contributed by atoms with E-state index in [-0.39, 0.29) is 39.4 Å². The highest BCUT2D eigenvalue weighted by molar-refractivity contribution is 6.42. The Labute approximate surface area is 234 Å². The van der Waals surface area contributed by atoms with Gasteiger partial charge < -0.3 is 9.47 Å². The van der Waals surface area contributed by atoms with Crippen LogP contribution in [-0.4, -0.2) is 47.1 Å². The quantitative estimate of drug-likeness (QED) is 0.132. The first-order valence-electron chi connectivity index (χ1n) is 12.1. The number of ketones is 1. The van der Waals surface area contributed by atoms with E-state index in [1.807, 2.05) is 6.92 Å². The summed E-state index contributed by atoms with van der Waals surface area (Å²) in [5.41, 5.74) is 0.871. The van der Waals surface area contributed by atoms with Crippen LogP contribution >= 0.6 is 23.2 Å². The molecule has 0 spiro atoms. The van der Waals surface area contributed by atoms with Crippen LogP contribution in [0.2, 0.25) is 10.0 Å². The number of ether oxygens (including phenoxy) is 2. The molecule has 10 heteroatoms. The number of imide groups is 1. The fourth-order valence-corrected chi connectivity index (χ4v) is 4.35. The molecule has 0 saturated heterocycles. The number of benzene rings is 3. The third-order valence-electron chi connectivity index (χ3n) is 6.13. The van der Waals surface area contributed by atoms with E-state index in [1.165, 1.54) is 54.6 Å². The van der Waals surface area contributed by atoms with Crippen molar-refractivity contribution in [1.29, 1.82) is 0 Å². The number of carbonyl (C=O) groups excluding carboxylic acids is 5. The fraction of sp³-hybridized carbons (Fsp3) is 0.207. The number of hydrogen-bond acceptors (Lipinski definition) is 7. The van der Waals surface area contributed by atoms with Gasteiger partial charge in [-0.2, -0.15) is 0 Å². The molecule has 200 valence electrons. The Kier molecular flexibility index (Phi) is 8.79. The van der Waals surface area contributed by atoms with Gasteiger partial charge in [0.05, 0.1) is 26.7 Å². The first kappa shape index (κ1) is 28.0. The zero-order valence-electron chi connectivity index (χ0n) is 20.8. The van der Waals surface area contributed by atoms with Gasteiger partial charge >= 0.3 is 11.9 Å². The van der Waals surface area contributed by atoms with Gasteiger partial charge in [-0.15, -0.1) is 0 Å². The summed E-state index contributed by atoms with van der Waals surface area (Å²) in [6.45, 7) is 1.33. The van der Waals surface area contributed by atoms with Crippen LogP contribution in [-0.2, 0) is 9.53 Å². The predicted molar refractivity (Wildman–Crippen MR) is 143 cm³/mol. The zero-order valence-corrected chi connectivity index (χ0v) is 22.3. The van der Waals surface area contributed by atoms with Crippen molar-refractivity contribution in [2.45, 2.75) is 32.2 Å². The molecule has 0 aromatic heterocycles. The van der Waals surface area contributed by atoms with Crippen molar-refractivity contribution in [1.82, 2.24) is 4.90 Å². The minimum atomic E-state index is -1.15. The molecule has 1 aliphatic rings. The van der Waals surface area contributed by atoms with Crippen molar-refractivity contribution in [2.75, 3.05) is 6.61 Å². The number of fused-ring (bicyclic) bond motifs is 1. The normalized spacial score (nSPS) is 13.2. The van der Waals surface area contributed by atoms with Crippen molar-refractivity contribution >= 4 is 52.7 Å². The maximum atomic E-state index is 13.0. The lowest BCUT2D eigenvalue weighted by Crippen LogP contribution is -2.46. The average Bonchev–Trinajstić information content (AvgIpc) is 3.19. The minimum absolute atomic E-state index is 0.185. The summed E-state index contributed by atoms with van der Waals surface area (Å²) in [7, 11) is 0. The lowest BCUT2D eigenvalue weighted by atomic mass is 10.1. The van der Waals surface area contributed by atoms with Crippen LogP contribution in [0.3, 0.4) is 0 Å². The lowest BCUT2D eigenvalue weighted by Gasteiger charge is -2.24. The predicted octanol–water partition coefficient (Wildman–Crippen LogP) is 5.79. The SMILES string of the molecule is CCCCC(C(=O)OCC(=O)c1ccc(OC(=O)c2ccc(Cl)c(Cl)c2)cc1)N1C(=O)c2ccccc2C1=O. The van der Waals surface area contributed by atoms with Crippen molar-refractivity contribution in [3.05, 3.63) is 99.0 Å². The van der Waals surface area contributed by atoms with Gasteiger partial charge in [0.2, 0.25) is 0 Å². The molecule has 3 aromatic carbocycles. The number of carbonyl (C=O) groups is 5. The van der Waals surface area contributed by atoms with Crippen LogP contribution in [0.5, 0.6) is 5.75 Å². The minimum Gasteiger partial charge on any atom is -0.456 e. The number of hydrogen-bond donors (Lipinski definition) is 0. The van der Waals surface area contributed by atoms with E-state index in [1.54, 1.807) is 12.1 Å². The summed E-state index contributed by atoms with van der Waals surface area (Å²) in [4.78, 5) is 64.7. The number of halogens is 2. The van der Waals surface area contributed by atoms with Crippen LogP contribution in [0.25, 0.3) is 0 Å². The molecule has 8 nitrogen and oxygen atoms in total. The third-order valence-corrected chi connectivity index (χ3v) is 6.87. The lowest BCUT2D eigenvalue weighted by molar-refractivity contribution is -0.147. The largest absolute Gasteiger partial charge is 0.456 e. The Morgan fingerprint density at radius 2 is 1.46 bits per heavy atom. The molecular weight excluding hydrogens is 545 g/mol. The summed E-state index contributed by atoms with van der Waals surface area (Å²) in [6, 6.07) is 15.2. The molecule has 0 N–H and O–H groups in total. The Balaban J connectivity index is 1.38. The number of nitrogens with zero attached hydrogens (tertiary/aromatic N) is 1. The van der Waals surface area contributed by atoms with Crippen LogP contribution in [0.15, 0.2) is 66.7 Å². The van der Waals surface area contributed by atoms with E-state index in [9.17, 15) is 24.0 Å². The second-order valence-corrected chi connectivity index (χ2v) is 9.57. The fourth-order valence-electron chi connectivity index (χ4n) is 4.05. The molecule has 0 bridgehead atoms. The number of esters is 2. The van der Waals surface area contributed by atoms with Crippen LogP contribution in [0.4, 0.5) is 0 Å². The third kappa shape index (κ3) is 6.19. The molecule has 1 heterocycles. The van der Waals surface area contributed by atoms with E-state index in [2.05, 4.69) is 0 Å². The maximum Gasteiger partial charge on any atom is 0.343 e. The molecule has 0 saturated carbocycles. The monoisotopic (exact) mass is 567 g/mol. The maximum absolute atomic E-state index is 13.0. The summed E-state index contributed by atoms with van der Waals surface area (Å²) >= 11 is 11.8. The molecule has 4 rings (SSSR count). The molecular formula is C29H23Cl2NO7. The second-order valence-electron chi connectivity index (χ2n) is 8.76. The molecule has 3 aromatic rings. The molecule has 1 aliphatic heterocycles. The van der Waals surface area contributed by atoms with E-state index in [4.69, 9.17) is 32.7 Å². The highest BCUT2D eigenvalue weighted by atomic mass is 35.5. The summed E-state index contributed by atoms with van der Waals surface area (Å²) in [6.07, 6.45) is 1.52. The average molecular weight is 568 g/mol. The topological polar surface area (TPSA) is 107 Å². The van der Waals surface area contributed by atoms with Crippen LogP contribution in [0, 0.1) is 0 Å². The van der Waals surface area contributed by atoms with Gasteiger partial charge in [-0.1, -0.05) is 55.1 Å². The van der Waals surface area contributed by atoms with Gasteiger partial charge in [0.1, 0.15) is 11.8 Å². The Bertz CT molecular complexity index is 1420. The van der Waals surface area contributed by atoms with Crippen molar-refractivity contribution in [2.24, 2.45) is 0 Å². The molecule has 1 atom stereocenters. The van der Waals surface area contributed by atoms with Crippen molar-refractivity contribution in [3.63, 3.8) is 0 Å². The van der Waals surface area contributed by atoms with Gasteiger partial charge in [0, 0.05) is 5.56 Å². The van der Waals surface area contributed by atoms with Gasteiger partial charge in [-0.3, -0.25) is 19.3 Å². The van der Waals surface area contributed by atoms with E-state index in [0.29, 0.717) is 11.4 Å². The first-order chi connectivity index (χ1) is 18.7. The molecule has 1 unspecified atom stereocenters. The van der Waals surface area contributed by atoms with E-state index < -0.39 is 42.2 Å². The number of unbranched alkanes of at least 4 members (excludes halogenated alkanes) is 1. The summed E-state index contributed by atoms with van der Waals surface area (Å²) in [5.74, 6) is -2.95. The second kappa shape index (κ2) is 12.2. The molecule has 39 heavy (non-hydrogen) atoms. The molecule has 0 radical (unpaired) electrons. The Hall–Kier alpha value is -4.01. The zero-order chi connectivity index (χ0) is 28.1. The van der Waals surface area contributed by atoms with Crippen LogP contribution < -0.4 is 4.74 Å². The van der Waals surface area contributed by atoms with Crippen molar-refractivity contribution < 1.29 is 33.4 Å². The van der Waals surface area contributed by atoms with Gasteiger partial charge in [-0.05, 0) is 61.0 Å². The van der Waals surface area contributed by atoms with E-state index in [0.717, 1.165) is 11.3 Å². The van der Waals surface area contributed by atoms with Crippen molar-refractivity contribution in [3.8, 4) is 5.75 Å². The summed E-state index contributed by atoms with van der Waals surface area (Å²) in [5, 5.41) is 0.513. The van der Waals surface area contributed by atoms with Gasteiger partial charge in [0.25, 0.3) is 11.8 Å². The number of amides is 2. The Morgan fingerprint density at radius 3 is 2.05 bits per heavy atom. The van der Waals surface area contributed by atoms with E-state index >= 15 is 0 Å². The highest BCUT2D eigenvalue weighted by Crippen LogP contribution is 2.27. The van der Waals surface area contributed by atoms with Crippen LogP contribution in [0.1, 0.15) is 67.6 Å². The number of Topliss-reactive ketones (excluding diaryl/α,β-unsaturated/α-hetero) is 1.